The lowest BCUT2D eigenvalue weighted by atomic mass is 10.1. The van der Waals surface area contributed by atoms with Gasteiger partial charge < -0.3 is 15.8 Å². The third-order valence-corrected chi connectivity index (χ3v) is 3.29. The van der Waals surface area contributed by atoms with Crippen molar-refractivity contribution in [3.8, 4) is 0 Å². The highest BCUT2D eigenvalue weighted by Crippen LogP contribution is 2.31. The molecule has 1 amide bonds. The van der Waals surface area contributed by atoms with Gasteiger partial charge in [0.25, 0.3) is 5.91 Å². The number of nitrogens with two attached hydrogens (primary N) is 1. The maximum Gasteiger partial charge on any atom is 0.251 e. The van der Waals surface area contributed by atoms with Crippen LogP contribution < -0.4 is 11.1 Å². The van der Waals surface area contributed by atoms with Crippen molar-refractivity contribution in [1.29, 1.82) is 0 Å². The second kappa shape index (κ2) is 5.98. The van der Waals surface area contributed by atoms with Gasteiger partial charge in [0.1, 0.15) is 0 Å². The molecule has 0 spiro atoms. The van der Waals surface area contributed by atoms with Crippen LogP contribution in [0.2, 0.25) is 0 Å². The molecule has 2 rings (SSSR count). The first-order chi connectivity index (χ1) is 8.72. The smallest absolute Gasteiger partial charge is 0.251 e. The second-order valence-electron chi connectivity index (χ2n) is 4.80. The lowest BCUT2D eigenvalue weighted by molar-refractivity contribution is 0.0945. The van der Waals surface area contributed by atoms with Gasteiger partial charge in [-0.2, -0.15) is 0 Å². The van der Waals surface area contributed by atoms with Gasteiger partial charge in [0.15, 0.2) is 0 Å². The van der Waals surface area contributed by atoms with E-state index in [0.717, 1.165) is 5.56 Å². The van der Waals surface area contributed by atoms with Crippen molar-refractivity contribution >= 4 is 5.91 Å². The van der Waals surface area contributed by atoms with E-state index in [9.17, 15) is 4.79 Å². The zero-order valence-corrected chi connectivity index (χ0v) is 10.7. The van der Waals surface area contributed by atoms with Gasteiger partial charge >= 0.3 is 0 Å². The van der Waals surface area contributed by atoms with Crippen molar-refractivity contribution in [3.05, 3.63) is 35.4 Å². The van der Waals surface area contributed by atoms with Crippen LogP contribution in [0.5, 0.6) is 0 Å². The molecule has 1 aliphatic carbocycles. The number of carbonyl (C=O) groups is 1. The summed E-state index contributed by atoms with van der Waals surface area (Å²) in [6, 6.07) is 7.56. The Bertz CT molecular complexity index is 416. The van der Waals surface area contributed by atoms with Crippen LogP contribution in [0.15, 0.2) is 24.3 Å². The molecule has 0 aliphatic heterocycles. The van der Waals surface area contributed by atoms with Crippen molar-refractivity contribution < 1.29 is 9.53 Å². The molecule has 1 saturated carbocycles. The number of carbonyl (C=O) groups excluding carboxylic acids is 1. The number of nitrogens with one attached hydrogen (secondary N) is 1. The van der Waals surface area contributed by atoms with Crippen molar-refractivity contribution in [2.75, 3.05) is 13.7 Å². The average Bonchev–Trinajstić information content (AvgIpc) is 3.21. The van der Waals surface area contributed by atoms with Gasteiger partial charge in [0, 0.05) is 25.3 Å². The van der Waals surface area contributed by atoms with E-state index in [1.165, 1.54) is 12.8 Å². The first-order valence-electron chi connectivity index (χ1n) is 6.33. The first-order valence-corrected chi connectivity index (χ1v) is 6.33. The molecule has 1 aromatic carbocycles. The summed E-state index contributed by atoms with van der Waals surface area (Å²) in [4.78, 5) is 12.1. The van der Waals surface area contributed by atoms with Gasteiger partial charge in [-0.1, -0.05) is 18.2 Å². The summed E-state index contributed by atoms with van der Waals surface area (Å²) in [7, 11) is 1.62. The van der Waals surface area contributed by atoms with Crippen LogP contribution in [0.25, 0.3) is 0 Å². The molecule has 1 unspecified atom stereocenters. The molecule has 4 heteroatoms. The lowest BCUT2D eigenvalue weighted by Crippen LogP contribution is -2.38. The van der Waals surface area contributed by atoms with Gasteiger partial charge in [-0.05, 0) is 30.4 Å². The molecule has 98 valence electrons. The van der Waals surface area contributed by atoms with Gasteiger partial charge in [0.05, 0.1) is 6.61 Å². The number of hydrogen-bond donors (Lipinski definition) is 2. The molecule has 1 aliphatic rings. The molecule has 0 bridgehead atoms. The fourth-order valence-electron chi connectivity index (χ4n) is 2.02. The van der Waals surface area contributed by atoms with Crippen LogP contribution in [0.4, 0.5) is 0 Å². The Hall–Kier alpha value is -1.39. The zero-order valence-electron chi connectivity index (χ0n) is 10.7. The number of methoxy groups -OCH3 is 1. The maximum atomic E-state index is 12.1. The van der Waals surface area contributed by atoms with E-state index in [-0.39, 0.29) is 11.9 Å². The fourth-order valence-corrected chi connectivity index (χ4v) is 2.02. The predicted molar refractivity (Wildman–Crippen MR) is 70.2 cm³/mol. The van der Waals surface area contributed by atoms with E-state index < -0.39 is 0 Å². The number of hydrogen-bond acceptors (Lipinski definition) is 3. The summed E-state index contributed by atoms with van der Waals surface area (Å²) in [6.07, 6.45) is 2.38. The number of amides is 1. The van der Waals surface area contributed by atoms with E-state index in [2.05, 4.69) is 5.32 Å². The van der Waals surface area contributed by atoms with Crippen LogP contribution >= 0.6 is 0 Å². The molecule has 3 N–H and O–H groups in total. The normalized spacial score (nSPS) is 16.3. The number of benzene rings is 1. The largest absolute Gasteiger partial charge is 0.380 e. The van der Waals surface area contributed by atoms with Crippen molar-refractivity contribution in [3.63, 3.8) is 0 Å². The molecular weight excluding hydrogens is 228 g/mol. The molecule has 0 aromatic heterocycles. The lowest BCUT2D eigenvalue weighted by Gasteiger charge is -2.13. The highest BCUT2D eigenvalue weighted by atomic mass is 16.5. The summed E-state index contributed by atoms with van der Waals surface area (Å²) in [5.41, 5.74) is 7.53. The zero-order chi connectivity index (χ0) is 13.0. The second-order valence-corrected chi connectivity index (χ2v) is 4.80. The van der Waals surface area contributed by atoms with Gasteiger partial charge in [0.2, 0.25) is 0 Å². The first kappa shape index (κ1) is 13.1. The molecular formula is C14H20N2O2. The van der Waals surface area contributed by atoms with E-state index >= 15 is 0 Å². The Kier molecular flexibility index (Phi) is 4.33. The van der Waals surface area contributed by atoms with Crippen LogP contribution in [0.3, 0.4) is 0 Å². The van der Waals surface area contributed by atoms with Gasteiger partial charge in [-0.15, -0.1) is 0 Å². The minimum Gasteiger partial charge on any atom is -0.380 e. The Morgan fingerprint density at radius 1 is 1.50 bits per heavy atom. The molecule has 1 aromatic rings. The highest BCUT2D eigenvalue weighted by molar-refractivity contribution is 5.95. The summed E-state index contributed by atoms with van der Waals surface area (Å²) in [5, 5.41) is 2.90. The van der Waals surface area contributed by atoms with Crippen LogP contribution in [-0.2, 0) is 11.3 Å². The Morgan fingerprint density at radius 2 is 2.22 bits per heavy atom. The molecule has 4 nitrogen and oxygen atoms in total. The SMILES string of the molecule is COCc1ccccc1C(=O)NCC(N)C1CC1. The molecule has 0 saturated heterocycles. The Balaban J connectivity index is 1.94. The topological polar surface area (TPSA) is 64.3 Å². The third kappa shape index (κ3) is 3.31. The minimum absolute atomic E-state index is 0.0706. The fraction of sp³-hybridized carbons (Fsp3) is 0.500. The average molecular weight is 248 g/mol. The van der Waals surface area contributed by atoms with Crippen LogP contribution in [0, 0.1) is 5.92 Å². The molecule has 1 fully saturated rings. The minimum atomic E-state index is -0.0706. The van der Waals surface area contributed by atoms with Gasteiger partial charge in [-0.25, -0.2) is 0 Å². The number of ether oxygens (including phenoxy) is 1. The third-order valence-electron chi connectivity index (χ3n) is 3.29. The van der Waals surface area contributed by atoms with Crippen molar-refractivity contribution in [2.24, 2.45) is 11.7 Å². The van der Waals surface area contributed by atoms with Crippen molar-refractivity contribution in [2.45, 2.75) is 25.5 Å². The van der Waals surface area contributed by atoms with Crippen molar-refractivity contribution in [1.82, 2.24) is 5.32 Å². The summed E-state index contributed by atoms with van der Waals surface area (Å²) >= 11 is 0. The highest BCUT2D eigenvalue weighted by Gasteiger charge is 2.28. The summed E-state index contributed by atoms with van der Waals surface area (Å²) in [6.45, 7) is 0.989. The Morgan fingerprint density at radius 3 is 2.89 bits per heavy atom. The Labute approximate surface area is 108 Å². The van der Waals surface area contributed by atoms with E-state index in [4.69, 9.17) is 10.5 Å². The van der Waals surface area contributed by atoms with E-state index in [1.807, 2.05) is 24.3 Å². The number of rotatable bonds is 6. The molecule has 0 heterocycles. The predicted octanol–water partition coefficient (Wildman–Crippen LogP) is 1.30. The summed E-state index contributed by atoms with van der Waals surface area (Å²) in [5.74, 6) is 0.526. The monoisotopic (exact) mass is 248 g/mol. The molecule has 0 radical (unpaired) electrons. The van der Waals surface area contributed by atoms with E-state index in [1.54, 1.807) is 7.11 Å². The summed E-state index contributed by atoms with van der Waals surface area (Å²) < 4.78 is 5.09. The standard InChI is InChI=1S/C14H20N2O2/c1-18-9-11-4-2-3-5-12(11)14(17)16-8-13(15)10-6-7-10/h2-5,10,13H,6-9,15H2,1H3,(H,16,17). The molecule has 18 heavy (non-hydrogen) atoms. The quantitative estimate of drug-likeness (QED) is 0.797. The molecule has 1 atom stereocenters. The van der Waals surface area contributed by atoms with Gasteiger partial charge in [-0.3, -0.25) is 4.79 Å². The maximum absolute atomic E-state index is 12.1. The van der Waals surface area contributed by atoms with E-state index in [0.29, 0.717) is 24.6 Å². The van der Waals surface area contributed by atoms with Crippen LogP contribution in [0.1, 0.15) is 28.8 Å². The van der Waals surface area contributed by atoms with Crippen LogP contribution in [-0.4, -0.2) is 25.6 Å².